The Kier molecular flexibility index (Phi) is 6.49. The summed E-state index contributed by atoms with van der Waals surface area (Å²) >= 11 is 0. The van der Waals surface area contributed by atoms with Crippen LogP contribution in [-0.4, -0.2) is 34.0 Å². The van der Waals surface area contributed by atoms with Gasteiger partial charge in [-0.25, -0.2) is 0 Å². The van der Waals surface area contributed by atoms with Crippen LogP contribution in [0.15, 0.2) is 18.2 Å². The largest absolute Gasteiger partial charge is 0.497 e. The summed E-state index contributed by atoms with van der Waals surface area (Å²) in [6.45, 7) is 9.48. The van der Waals surface area contributed by atoms with Crippen LogP contribution in [-0.2, 0) is 4.74 Å². The monoisotopic (exact) mass is 295 g/mol. The van der Waals surface area contributed by atoms with Crippen LogP contribution < -0.4 is 14.8 Å². The molecule has 0 bridgehead atoms. The van der Waals surface area contributed by atoms with Crippen molar-refractivity contribution in [2.75, 3.05) is 27.9 Å². The first-order valence-electron chi connectivity index (χ1n) is 7.37. The second-order valence-corrected chi connectivity index (χ2v) is 6.17. The summed E-state index contributed by atoms with van der Waals surface area (Å²) in [6.07, 6.45) is 0.0125. The SMILES string of the molecule is CCNC(c1cc(OC)ccc1OC)C(OC)C(C)(C)C. The zero-order valence-electron chi connectivity index (χ0n) is 14.3. The van der Waals surface area contributed by atoms with E-state index in [2.05, 4.69) is 33.0 Å². The minimum atomic E-state index is -0.00429. The third kappa shape index (κ3) is 4.35. The molecule has 1 aromatic carbocycles. The van der Waals surface area contributed by atoms with Crippen LogP contribution in [0.5, 0.6) is 11.5 Å². The highest BCUT2D eigenvalue weighted by molar-refractivity contribution is 5.43. The van der Waals surface area contributed by atoms with Gasteiger partial charge in [-0.15, -0.1) is 0 Å². The molecule has 0 saturated carbocycles. The molecule has 4 heteroatoms. The summed E-state index contributed by atoms with van der Waals surface area (Å²) in [4.78, 5) is 0. The number of hydrogen-bond donors (Lipinski definition) is 1. The highest BCUT2D eigenvalue weighted by atomic mass is 16.5. The molecular formula is C17H29NO3. The molecule has 0 radical (unpaired) electrons. The Morgan fingerprint density at radius 3 is 2.19 bits per heavy atom. The van der Waals surface area contributed by atoms with E-state index in [-0.39, 0.29) is 17.6 Å². The van der Waals surface area contributed by atoms with Crippen molar-refractivity contribution in [3.05, 3.63) is 23.8 Å². The van der Waals surface area contributed by atoms with Crippen molar-refractivity contribution in [3.63, 3.8) is 0 Å². The first-order chi connectivity index (χ1) is 9.88. The number of hydrogen-bond acceptors (Lipinski definition) is 4. The summed E-state index contributed by atoms with van der Waals surface area (Å²) in [7, 11) is 5.12. The normalized spacial score (nSPS) is 14.6. The van der Waals surface area contributed by atoms with Crippen molar-refractivity contribution < 1.29 is 14.2 Å². The molecular weight excluding hydrogens is 266 g/mol. The summed E-state index contributed by atoms with van der Waals surface area (Å²) in [5.41, 5.74) is 1.05. The molecule has 1 N–H and O–H groups in total. The Labute approximate surface area is 128 Å². The van der Waals surface area contributed by atoms with Crippen molar-refractivity contribution >= 4 is 0 Å². The van der Waals surface area contributed by atoms with E-state index in [4.69, 9.17) is 14.2 Å². The molecule has 0 heterocycles. The van der Waals surface area contributed by atoms with Crippen LogP contribution >= 0.6 is 0 Å². The number of likely N-dealkylation sites (N-methyl/N-ethyl adjacent to an activating group) is 1. The summed E-state index contributed by atoms with van der Waals surface area (Å²) in [6, 6.07) is 5.90. The molecule has 1 aromatic rings. The number of ether oxygens (including phenoxy) is 3. The molecule has 0 fully saturated rings. The predicted octanol–water partition coefficient (Wildman–Crippen LogP) is 3.42. The molecule has 4 nitrogen and oxygen atoms in total. The number of methoxy groups -OCH3 is 3. The molecule has 1 rings (SSSR count). The van der Waals surface area contributed by atoms with Gasteiger partial charge >= 0.3 is 0 Å². The maximum atomic E-state index is 5.80. The van der Waals surface area contributed by atoms with Crippen LogP contribution in [0.4, 0.5) is 0 Å². The van der Waals surface area contributed by atoms with Gasteiger partial charge in [-0.3, -0.25) is 0 Å². The lowest BCUT2D eigenvalue weighted by Crippen LogP contribution is -2.41. The van der Waals surface area contributed by atoms with Gasteiger partial charge in [-0.05, 0) is 30.2 Å². The molecule has 0 amide bonds. The number of benzene rings is 1. The zero-order valence-corrected chi connectivity index (χ0v) is 14.3. The molecule has 0 aromatic heterocycles. The van der Waals surface area contributed by atoms with Gasteiger partial charge in [0, 0.05) is 12.7 Å². The van der Waals surface area contributed by atoms with Crippen LogP contribution in [0.1, 0.15) is 39.3 Å². The maximum Gasteiger partial charge on any atom is 0.124 e. The average molecular weight is 295 g/mol. The van der Waals surface area contributed by atoms with Crippen LogP contribution in [0.25, 0.3) is 0 Å². The second kappa shape index (κ2) is 7.66. The summed E-state index contributed by atoms with van der Waals surface area (Å²) in [5, 5.41) is 3.52. The number of rotatable bonds is 7. The number of nitrogens with one attached hydrogen (secondary N) is 1. The standard InChI is InChI=1S/C17H29NO3/c1-8-18-15(16(21-7)17(2,3)4)13-11-12(19-5)9-10-14(13)20-6/h9-11,15-16,18H,8H2,1-7H3. The molecule has 0 aliphatic carbocycles. The molecule has 21 heavy (non-hydrogen) atoms. The first-order valence-corrected chi connectivity index (χ1v) is 7.37. The Morgan fingerprint density at radius 2 is 1.76 bits per heavy atom. The Balaban J connectivity index is 3.32. The quantitative estimate of drug-likeness (QED) is 0.836. The Morgan fingerprint density at radius 1 is 1.10 bits per heavy atom. The fourth-order valence-electron chi connectivity index (χ4n) is 2.67. The lowest BCUT2D eigenvalue weighted by atomic mass is 9.81. The van der Waals surface area contributed by atoms with E-state index in [1.165, 1.54) is 0 Å². The minimum absolute atomic E-state index is 0.00429. The predicted molar refractivity (Wildman–Crippen MR) is 86.2 cm³/mol. The van der Waals surface area contributed by atoms with E-state index in [0.717, 1.165) is 23.6 Å². The van der Waals surface area contributed by atoms with E-state index >= 15 is 0 Å². The van der Waals surface area contributed by atoms with E-state index in [9.17, 15) is 0 Å². The van der Waals surface area contributed by atoms with Crippen molar-refractivity contribution in [1.29, 1.82) is 0 Å². The van der Waals surface area contributed by atoms with Gasteiger partial charge in [0.2, 0.25) is 0 Å². The van der Waals surface area contributed by atoms with Gasteiger partial charge in [-0.2, -0.15) is 0 Å². The highest BCUT2D eigenvalue weighted by Gasteiger charge is 2.34. The molecule has 0 aliphatic rings. The lowest BCUT2D eigenvalue weighted by molar-refractivity contribution is -0.0121. The molecule has 2 unspecified atom stereocenters. The van der Waals surface area contributed by atoms with Gasteiger partial charge in [-0.1, -0.05) is 27.7 Å². The van der Waals surface area contributed by atoms with Gasteiger partial charge < -0.3 is 19.5 Å². The van der Waals surface area contributed by atoms with Crippen LogP contribution in [0.3, 0.4) is 0 Å². The minimum Gasteiger partial charge on any atom is -0.497 e. The van der Waals surface area contributed by atoms with Gasteiger partial charge in [0.05, 0.1) is 26.4 Å². The Bertz CT molecular complexity index is 440. The van der Waals surface area contributed by atoms with Gasteiger partial charge in [0.25, 0.3) is 0 Å². The fourth-order valence-corrected chi connectivity index (χ4v) is 2.67. The maximum absolute atomic E-state index is 5.80. The van der Waals surface area contributed by atoms with Crippen molar-refractivity contribution in [2.45, 2.75) is 39.8 Å². The van der Waals surface area contributed by atoms with Crippen molar-refractivity contribution in [3.8, 4) is 11.5 Å². The second-order valence-electron chi connectivity index (χ2n) is 6.17. The topological polar surface area (TPSA) is 39.7 Å². The molecule has 2 atom stereocenters. The van der Waals surface area contributed by atoms with E-state index in [1.807, 2.05) is 18.2 Å². The fraction of sp³-hybridized carbons (Fsp3) is 0.647. The third-order valence-electron chi connectivity index (χ3n) is 3.61. The first kappa shape index (κ1) is 17.8. The molecule has 0 aliphatic heterocycles. The van der Waals surface area contributed by atoms with Crippen LogP contribution in [0, 0.1) is 5.41 Å². The molecule has 0 spiro atoms. The Hall–Kier alpha value is -1.26. The van der Waals surface area contributed by atoms with Crippen molar-refractivity contribution in [2.24, 2.45) is 5.41 Å². The highest BCUT2D eigenvalue weighted by Crippen LogP contribution is 2.37. The zero-order chi connectivity index (χ0) is 16.0. The summed E-state index contributed by atoms with van der Waals surface area (Å²) in [5.74, 6) is 1.66. The third-order valence-corrected chi connectivity index (χ3v) is 3.61. The molecule has 120 valence electrons. The average Bonchev–Trinajstić information content (AvgIpc) is 2.45. The smallest absolute Gasteiger partial charge is 0.124 e. The van der Waals surface area contributed by atoms with Crippen LogP contribution in [0.2, 0.25) is 0 Å². The molecule has 0 saturated heterocycles. The van der Waals surface area contributed by atoms with Gasteiger partial charge in [0.15, 0.2) is 0 Å². The van der Waals surface area contributed by atoms with Crippen molar-refractivity contribution in [1.82, 2.24) is 5.32 Å². The van der Waals surface area contributed by atoms with E-state index in [0.29, 0.717) is 0 Å². The lowest BCUT2D eigenvalue weighted by Gasteiger charge is -2.37. The van der Waals surface area contributed by atoms with E-state index < -0.39 is 0 Å². The van der Waals surface area contributed by atoms with E-state index in [1.54, 1.807) is 21.3 Å². The van der Waals surface area contributed by atoms with Gasteiger partial charge in [0.1, 0.15) is 11.5 Å². The summed E-state index contributed by atoms with van der Waals surface area (Å²) < 4.78 is 16.7.